The van der Waals surface area contributed by atoms with Gasteiger partial charge in [-0.05, 0) is 24.8 Å². The van der Waals surface area contributed by atoms with Gasteiger partial charge in [-0.25, -0.2) is 0 Å². The molecule has 2 aliphatic carbocycles. The van der Waals surface area contributed by atoms with Crippen LogP contribution in [0.3, 0.4) is 0 Å². The van der Waals surface area contributed by atoms with Gasteiger partial charge >= 0.3 is 5.97 Å². The van der Waals surface area contributed by atoms with E-state index in [1.165, 1.54) is 6.92 Å². The highest BCUT2D eigenvalue weighted by Crippen LogP contribution is 2.41. The van der Waals surface area contributed by atoms with Crippen molar-refractivity contribution in [2.45, 2.75) is 53.6 Å². The average Bonchev–Trinajstić information content (AvgIpc) is 2.84. The Morgan fingerprint density at radius 1 is 1.12 bits per heavy atom. The second-order valence-electron chi connectivity index (χ2n) is 7.95. The molecule has 0 amide bonds. The first kappa shape index (κ1) is 20.3. The maximum Gasteiger partial charge on any atom is 0.303 e. The first-order valence-electron chi connectivity index (χ1n) is 9.40. The molecule has 0 N–H and O–H groups in total. The molecule has 0 aliphatic heterocycles. The minimum atomic E-state index is -0.425. The van der Waals surface area contributed by atoms with Crippen LogP contribution in [0.5, 0.6) is 0 Å². The molecule has 1 saturated carbocycles. The van der Waals surface area contributed by atoms with E-state index in [1.54, 1.807) is 0 Å². The van der Waals surface area contributed by atoms with Crippen molar-refractivity contribution < 1.29 is 19.1 Å². The van der Waals surface area contributed by atoms with Crippen LogP contribution in [0.1, 0.15) is 47.5 Å². The van der Waals surface area contributed by atoms with Crippen LogP contribution in [0.25, 0.3) is 0 Å². The zero-order valence-corrected chi connectivity index (χ0v) is 16.5. The number of Topliss-reactive ketones (excluding diaryl/α,β-unsaturated/α-hetero) is 2. The van der Waals surface area contributed by atoms with Crippen LogP contribution in [-0.4, -0.2) is 23.6 Å². The summed E-state index contributed by atoms with van der Waals surface area (Å²) in [6.07, 6.45) is 6.30. The van der Waals surface area contributed by atoms with Gasteiger partial charge in [0.2, 0.25) is 0 Å². The number of allylic oxidation sites excluding steroid dienone is 4. The maximum absolute atomic E-state index is 13.1. The second kappa shape index (κ2) is 8.15. The molecular formula is C22H30O4. The van der Waals surface area contributed by atoms with Gasteiger partial charge in [0.1, 0.15) is 17.7 Å². The molecule has 26 heavy (non-hydrogen) atoms. The van der Waals surface area contributed by atoms with E-state index < -0.39 is 6.10 Å². The van der Waals surface area contributed by atoms with Gasteiger partial charge in [0, 0.05) is 37.0 Å². The molecule has 0 saturated heterocycles. The van der Waals surface area contributed by atoms with E-state index in [-0.39, 0.29) is 47.1 Å². The molecule has 0 bridgehead atoms. The number of hydrogen-bond acceptors (Lipinski definition) is 4. The van der Waals surface area contributed by atoms with E-state index in [2.05, 4.69) is 6.58 Å². The summed E-state index contributed by atoms with van der Waals surface area (Å²) < 4.78 is 5.52. The highest BCUT2D eigenvalue weighted by Gasteiger charge is 2.43. The second-order valence-corrected chi connectivity index (χ2v) is 7.95. The summed E-state index contributed by atoms with van der Waals surface area (Å²) in [6, 6.07) is 0. The summed E-state index contributed by atoms with van der Waals surface area (Å²) in [6.45, 7) is 13.0. The molecule has 1 fully saturated rings. The Labute approximate surface area is 156 Å². The van der Waals surface area contributed by atoms with Crippen molar-refractivity contribution in [3.05, 3.63) is 36.0 Å². The van der Waals surface area contributed by atoms with Crippen molar-refractivity contribution in [1.82, 2.24) is 0 Å². The molecule has 0 radical (unpaired) electrons. The van der Waals surface area contributed by atoms with Gasteiger partial charge in [0.15, 0.2) is 0 Å². The summed E-state index contributed by atoms with van der Waals surface area (Å²) >= 11 is 0. The van der Waals surface area contributed by atoms with E-state index in [9.17, 15) is 14.4 Å². The Hall–Kier alpha value is -1.97. The average molecular weight is 358 g/mol. The topological polar surface area (TPSA) is 60.4 Å². The lowest BCUT2D eigenvalue weighted by Gasteiger charge is -2.20. The molecule has 6 atom stereocenters. The lowest BCUT2D eigenvalue weighted by Crippen LogP contribution is -2.25. The molecule has 0 aromatic rings. The van der Waals surface area contributed by atoms with Crippen LogP contribution >= 0.6 is 0 Å². The minimum absolute atomic E-state index is 0.0558. The third-order valence-electron chi connectivity index (χ3n) is 5.58. The standard InChI is InChI=1S/C22H30O4/c1-12(2)17-8-7-13(3)21(25)18-10-15(5)22(26-16(6)23)19(18)9-14(4)20(24)11-17/h7-9,13-15,17-18,22H,1,10-11H2,2-6H3/b8-7-,19-9+. The zero-order chi connectivity index (χ0) is 19.6. The first-order valence-corrected chi connectivity index (χ1v) is 9.40. The first-order chi connectivity index (χ1) is 12.1. The van der Waals surface area contributed by atoms with Gasteiger partial charge in [0.05, 0.1) is 0 Å². The highest BCUT2D eigenvalue weighted by molar-refractivity contribution is 5.89. The third-order valence-corrected chi connectivity index (χ3v) is 5.58. The monoisotopic (exact) mass is 358 g/mol. The molecule has 0 aromatic carbocycles. The summed E-state index contributed by atoms with van der Waals surface area (Å²) in [4.78, 5) is 37.3. The summed E-state index contributed by atoms with van der Waals surface area (Å²) in [5.41, 5.74) is 1.72. The van der Waals surface area contributed by atoms with Gasteiger partial charge in [0.25, 0.3) is 0 Å². The number of carbonyl (C=O) groups excluding carboxylic acids is 3. The largest absolute Gasteiger partial charge is 0.458 e. The molecule has 142 valence electrons. The molecule has 0 spiro atoms. The number of esters is 1. The molecule has 2 rings (SSSR count). The Bertz CT molecular complexity index is 670. The fraction of sp³-hybridized carbons (Fsp3) is 0.591. The molecule has 4 heteroatoms. The number of rotatable bonds is 2. The predicted octanol–water partition coefficient (Wildman–Crippen LogP) is 4.06. The minimum Gasteiger partial charge on any atom is -0.458 e. The molecule has 4 nitrogen and oxygen atoms in total. The molecule has 0 aromatic heterocycles. The Kier molecular flexibility index (Phi) is 6.38. The van der Waals surface area contributed by atoms with Gasteiger partial charge < -0.3 is 4.74 Å². The van der Waals surface area contributed by atoms with E-state index in [1.807, 2.05) is 45.9 Å². The lowest BCUT2D eigenvalue weighted by atomic mass is 9.87. The van der Waals surface area contributed by atoms with Crippen LogP contribution < -0.4 is 0 Å². The van der Waals surface area contributed by atoms with Gasteiger partial charge in [-0.3, -0.25) is 14.4 Å². The predicted molar refractivity (Wildman–Crippen MR) is 101 cm³/mol. The third kappa shape index (κ3) is 4.40. The Morgan fingerprint density at radius 2 is 1.77 bits per heavy atom. The van der Waals surface area contributed by atoms with Gasteiger partial charge in [-0.15, -0.1) is 0 Å². The van der Waals surface area contributed by atoms with Crippen molar-refractivity contribution >= 4 is 17.5 Å². The van der Waals surface area contributed by atoms with E-state index in [4.69, 9.17) is 4.74 Å². The van der Waals surface area contributed by atoms with E-state index in [0.717, 1.165) is 11.1 Å². The molecule has 6 unspecified atom stereocenters. The van der Waals surface area contributed by atoms with Gasteiger partial charge in [-0.1, -0.05) is 51.2 Å². The lowest BCUT2D eigenvalue weighted by molar-refractivity contribution is -0.146. The van der Waals surface area contributed by atoms with E-state index >= 15 is 0 Å². The number of ketones is 2. The fourth-order valence-electron chi connectivity index (χ4n) is 3.92. The van der Waals surface area contributed by atoms with Crippen molar-refractivity contribution in [2.75, 3.05) is 0 Å². The fourth-order valence-corrected chi connectivity index (χ4v) is 3.92. The number of fused-ring (bicyclic) bond motifs is 1. The molecule has 0 heterocycles. The smallest absolute Gasteiger partial charge is 0.303 e. The van der Waals surface area contributed by atoms with Crippen molar-refractivity contribution in [3.8, 4) is 0 Å². The normalized spacial score (nSPS) is 38.6. The maximum atomic E-state index is 13.1. The van der Waals surface area contributed by atoms with Crippen molar-refractivity contribution in [3.63, 3.8) is 0 Å². The number of carbonyl (C=O) groups is 3. The molecular weight excluding hydrogens is 328 g/mol. The number of ether oxygens (including phenoxy) is 1. The SMILES string of the molecule is C=C(C)C1/C=C\C(C)C(=O)C2CC(C)C(OC(C)=O)/C2=C/C(C)C(=O)C1. The quantitative estimate of drug-likeness (QED) is 0.552. The van der Waals surface area contributed by atoms with Gasteiger partial charge in [-0.2, -0.15) is 0 Å². The Balaban J connectivity index is 2.47. The van der Waals surface area contributed by atoms with Crippen LogP contribution in [0.4, 0.5) is 0 Å². The zero-order valence-electron chi connectivity index (χ0n) is 16.5. The summed E-state index contributed by atoms with van der Waals surface area (Å²) in [5, 5.41) is 0. The van der Waals surface area contributed by atoms with Crippen molar-refractivity contribution in [2.24, 2.45) is 29.6 Å². The van der Waals surface area contributed by atoms with Crippen LogP contribution in [-0.2, 0) is 19.1 Å². The summed E-state index contributed by atoms with van der Waals surface area (Å²) in [5.74, 6) is -1.01. The van der Waals surface area contributed by atoms with Crippen LogP contribution in [0, 0.1) is 29.6 Å². The Morgan fingerprint density at radius 3 is 2.35 bits per heavy atom. The number of hydrogen-bond donors (Lipinski definition) is 0. The van der Waals surface area contributed by atoms with Crippen LogP contribution in [0.2, 0.25) is 0 Å². The highest BCUT2D eigenvalue weighted by atomic mass is 16.5. The van der Waals surface area contributed by atoms with Crippen molar-refractivity contribution in [1.29, 1.82) is 0 Å². The van der Waals surface area contributed by atoms with Crippen LogP contribution in [0.15, 0.2) is 36.0 Å². The molecule has 2 aliphatic rings. The van der Waals surface area contributed by atoms with E-state index in [0.29, 0.717) is 12.8 Å². The summed E-state index contributed by atoms with van der Waals surface area (Å²) in [7, 11) is 0.